The van der Waals surface area contributed by atoms with Gasteiger partial charge in [0.2, 0.25) is 0 Å². The Labute approximate surface area is 142 Å². The molecule has 101 valence electrons. The van der Waals surface area contributed by atoms with Crippen molar-refractivity contribution in [3.63, 3.8) is 0 Å². The van der Waals surface area contributed by atoms with Crippen LogP contribution in [-0.4, -0.2) is 26.5 Å². The topological polar surface area (TPSA) is 50.7 Å². The van der Waals surface area contributed by atoms with Gasteiger partial charge in [-0.05, 0) is 0 Å². The number of benzene rings is 2. The van der Waals surface area contributed by atoms with Crippen molar-refractivity contribution in [1.82, 2.24) is 0 Å². The molecule has 6 heteroatoms. The number of hydrogen-bond donors (Lipinski definition) is 1. The van der Waals surface area contributed by atoms with E-state index in [0.717, 1.165) is 25.8 Å². The summed E-state index contributed by atoms with van der Waals surface area (Å²) in [6.07, 6.45) is 0. The Morgan fingerprint density at radius 3 is 1.80 bits per heavy atom. The molecule has 3 nitrogen and oxygen atoms in total. The summed E-state index contributed by atoms with van der Waals surface area (Å²) in [4.78, 5) is 0. The second kappa shape index (κ2) is 7.18. The van der Waals surface area contributed by atoms with E-state index in [4.69, 9.17) is 5.73 Å². The van der Waals surface area contributed by atoms with Gasteiger partial charge >= 0.3 is 143 Å². The molecular weight excluding hydrogens is 449 g/mol. The van der Waals surface area contributed by atoms with Crippen LogP contribution in [0.15, 0.2) is 67.7 Å². The van der Waals surface area contributed by atoms with Gasteiger partial charge in [0.25, 0.3) is 0 Å². The number of halogens is 2. The Kier molecular flexibility index (Phi) is 5.54. The van der Waals surface area contributed by atoms with Gasteiger partial charge in [-0.25, -0.2) is 0 Å². The molecule has 0 bridgehead atoms. The molecule has 0 aliphatic carbocycles. The molecule has 0 saturated heterocycles. The quantitative estimate of drug-likeness (QED) is 0.325. The summed E-state index contributed by atoms with van der Waals surface area (Å²) in [6, 6.07) is 15.8. The van der Waals surface area contributed by atoms with Crippen LogP contribution in [0.3, 0.4) is 0 Å². The van der Waals surface area contributed by atoms with Crippen LogP contribution in [0, 0.1) is 0 Å². The number of rotatable bonds is 3. The predicted molar refractivity (Wildman–Crippen MR) is 91.3 cm³/mol. The molecule has 2 aromatic rings. The first kappa shape index (κ1) is 15.4. The SMILES string of the molecule is N/C([Se])=N\N=C(c1cccc(Br)c1)c1cccc(Br)c1. The van der Waals surface area contributed by atoms with Crippen LogP contribution in [0.4, 0.5) is 0 Å². The zero-order valence-corrected chi connectivity index (χ0v) is 15.1. The predicted octanol–water partition coefficient (Wildman–Crippen LogP) is 3.45. The molecule has 0 fully saturated rings. The molecule has 2 N–H and O–H groups in total. The molecule has 0 unspecified atom stereocenters. The van der Waals surface area contributed by atoms with Gasteiger partial charge in [0.1, 0.15) is 0 Å². The molecule has 0 aliphatic rings. The van der Waals surface area contributed by atoms with E-state index < -0.39 is 0 Å². The van der Waals surface area contributed by atoms with Crippen molar-refractivity contribution in [2.45, 2.75) is 0 Å². The number of nitrogens with two attached hydrogens (primary N) is 1. The number of hydrogen-bond acceptors (Lipinski definition) is 2. The molecule has 2 rings (SSSR count). The van der Waals surface area contributed by atoms with Crippen molar-refractivity contribution in [3.05, 3.63) is 68.6 Å². The minimum atomic E-state index is 0.299. The molecule has 0 amide bonds. The summed E-state index contributed by atoms with van der Waals surface area (Å²) in [6.45, 7) is 0. The molecule has 0 spiro atoms. The zero-order valence-electron chi connectivity index (χ0n) is 10.3. The monoisotopic (exact) mass is 458 g/mol. The molecule has 20 heavy (non-hydrogen) atoms. The third-order valence-electron chi connectivity index (χ3n) is 2.44. The van der Waals surface area contributed by atoms with Crippen LogP contribution in [-0.2, 0) is 0 Å². The van der Waals surface area contributed by atoms with E-state index in [0.29, 0.717) is 4.73 Å². The van der Waals surface area contributed by atoms with Gasteiger partial charge in [-0.2, -0.15) is 0 Å². The molecule has 2 aromatic carbocycles. The Morgan fingerprint density at radius 2 is 1.40 bits per heavy atom. The third-order valence-corrected chi connectivity index (χ3v) is 3.60. The average Bonchev–Trinajstić information content (AvgIpc) is 2.39. The number of nitrogens with zero attached hydrogens (tertiary/aromatic N) is 2. The van der Waals surface area contributed by atoms with Crippen LogP contribution in [0.25, 0.3) is 0 Å². The maximum absolute atomic E-state index is 5.53. The Morgan fingerprint density at radius 1 is 0.900 bits per heavy atom. The van der Waals surface area contributed by atoms with Gasteiger partial charge < -0.3 is 0 Å². The molecule has 0 aromatic heterocycles. The van der Waals surface area contributed by atoms with Crippen LogP contribution < -0.4 is 5.73 Å². The minimum absolute atomic E-state index is 0.299. The fourth-order valence-corrected chi connectivity index (χ4v) is 2.54. The summed E-state index contributed by atoms with van der Waals surface area (Å²) >= 11 is 9.56. The van der Waals surface area contributed by atoms with E-state index in [9.17, 15) is 0 Å². The maximum atomic E-state index is 5.53. The van der Waals surface area contributed by atoms with Gasteiger partial charge in [0.15, 0.2) is 0 Å². The molecule has 0 atom stereocenters. The van der Waals surface area contributed by atoms with E-state index in [2.05, 4.69) is 58.1 Å². The van der Waals surface area contributed by atoms with Gasteiger partial charge in [0, 0.05) is 0 Å². The standard InChI is InChI=1S/C14H10Br2N3Se/c15-11-5-1-3-9(7-11)13(18-19-14(17)20)10-4-2-6-12(16)8-10/h1-8H,(H2,17,19). The van der Waals surface area contributed by atoms with Gasteiger partial charge in [0.05, 0.1) is 0 Å². The number of amidine groups is 1. The van der Waals surface area contributed by atoms with Gasteiger partial charge in [-0.3, -0.25) is 0 Å². The fraction of sp³-hybridized carbons (Fsp3) is 0. The van der Waals surface area contributed by atoms with E-state index in [-0.39, 0.29) is 0 Å². The Bertz CT molecular complexity index is 632. The van der Waals surface area contributed by atoms with Crippen LogP contribution in [0.2, 0.25) is 0 Å². The Hall–Kier alpha value is -0.941. The van der Waals surface area contributed by atoms with E-state index in [1.165, 1.54) is 0 Å². The van der Waals surface area contributed by atoms with E-state index >= 15 is 0 Å². The first-order chi connectivity index (χ1) is 9.56. The summed E-state index contributed by atoms with van der Waals surface area (Å²) in [5.41, 5.74) is 8.20. The van der Waals surface area contributed by atoms with E-state index in [1.54, 1.807) is 0 Å². The fourth-order valence-electron chi connectivity index (χ4n) is 1.65. The molecular formula is C14H10Br2N3Se. The first-order valence-corrected chi connectivity index (χ1v) is 8.10. The third kappa shape index (κ3) is 4.28. The average molecular weight is 459 g/mol. The normalized spacial score (nSPS) is 11.2. The second-order valence-electron chi connectivity index (χ2n) is 3.91. The van der Waals surface area contributed by atoms with Crippen molar-refractivity contribution >= 4 is 58.3 Å². The van der Waals surface area contributed by atoms with Crippen LogP contribution >= 0.6 is 31.9 Å². The van der Waals surface area contributed by atoms with E-state index in [1.807, 2.05) is 48.5 Å². The van der Waals surface area contributed by atoms with Gasteiger partial charge in [-0.15, -0.1) is 0 Å². The van der Waals surface area contributed by atoms with Crippen molar-refractivity contribution in [1.29, 1.82) is 0 Å². The van der Waals surface area contributed by atoms with Crippen molar-refractivity contribution < 1.29 is 0 Å². The second-order valence-corrected chi connectivity index (χ2v) is 6.62. The summed E-state index contributed by atoms with van der Waals surface area (Å²) in [5, 5.41) is 8.19. The molecule has 0 saturated carbocycles. The molecule has 1 radical (unpaired) electrons. The summed E-state index contributed by atoms with van der Waals surface area (Å²) in [5.74, 6) is 0. The zero-order chi connectivity index (χ0) is 14.5. The Balaban J connectivity index is 2.56. The first-order valence-electron chi connectivity index (χ1n) is 5.66. The van der Waals surface area contributed by atoms with Crippen molar-refractivity contribution in [2.75, 3.05) is 0 Å². The van der Waals surface area contributed by atoms with Crippen LogP contribution in [0.5, 0.6) is 0 Å². The molecule has 0 aliphatic heterocycles. The summed E-state index contributed by atoms with van der Waals surface area (Å²) in [7, 11) is 0. The van der Waals surface area contributed by atoms with Crippen molar-refractivity contribution in [3.8, 4) is 0 Å². The summed E-state index contributed by atoms with van der Waals surface area (Å²) < 4.78 is 2.27. The van der Waals surface area contributed by atoms with Crippen molar-refractivity contribution in [2.24, 2.45) is 15.9 Å². The van der Waals surface area contributed by atoms with Gasteiger partial charge in [-0.1, -0.05) is 0 Å². The van der Waals surface area contributed by atoms with Crippen LogP contribution in [0.1, 0.15) is 11.1 Å². The molecule has 0 heterocycles.